The van der Waals surface area contributed by atoms with E-state index >= 15 is 0 Å². The summed E-state index contributed by atoms with van der Waals surface area (Å²) < 4.78 is 1.69. The molecule has 3 nitrogen and oxygen atoms in total. The van der Waals surface area contributed by atoms with E-state index in [1.165, 1.54) is 10.9 Å². The van der Waals surface area contributed by atoms with Crippen LogP contribution in [-0.4, -0.2) is 16.8 Å². The van der Waals surface area contributed by atoms with Crippen LogP contribution in [0.15, 0.2) is 42.6 Å². The van der Waals surface area contributed by atoms with Crippen LogP contribution in [0.1, 0.15) is 16.8 Å². The molecule has 0 aliphatic carbocycles. The summed E-state index contributed by atoms with van der Waals surface area (Å²) in [5, 5.41) is 1.20. The van der Waals surface area contributed by atoms with Crippen molar-refractivity contribution in [2.45, 2.75) is 13.3 Å². The summed E-state index contributed by atoms with van der Waals surface area (Å²) in [7, 11) is 1.65. The van der Waals surface area contributed by atoms with Gasteiger partial charge >= 0.3 is 0 Å². The smallest absolute Gasteiger partial charge is 0.111 e. The molecule has 0 aliphatic heterocycles. The highest BCUT2D eigenvalue weighted by atomic mass is 16.6. The van der Waals surface area contributed by atoms with Crippen LogP contribution in [0.25, 0.3) is 10.9 Å². The fourth-order valence-corrected chi connectivity index (χ4v) is 2.45. The first kappa shape index (κ1) is 11.8. The highest BCUT2D eigenvalue weighted by molar-refractivity contribution is 5.87. The molecule has 0 atom stereocenters. The van der Waals surface area contributed by atoms with Gasteiger partial charge in [0, 0.05) is 23.7 Å². The Kier molecular flexibility index (Phi) is 2.95. The van der Waals surface area contributed by atoms with Gasteiger partial charge in [-0.3, -0.25) is 4.98 Å². The van der Waals surface area contributed by atoms with Crippen molar-refractivity contribution < 1.29 is 4.84 Å². The van der Waals surface area contributed by atoms with Gasteiger partial charge in [0.15, 0.2) is 0 Å². The predicted molar refractivity (Wildman–Crippen MR) is 75.1 cm³/mol. The second-order valence-electron chi connectivity index (χ2n) is 4.52. The third-order valence-electron chi connectivity index (χ3n) is 3.27. The summed E-state index contributed by atoms with van der Waals surface area (Å²) in [4.78, 5) is 9.69. The lowest BCUT2D eigenvalue weighted by atomic mass is 10.0. The molecule has 3 rings (SSSR count). The van der Waals surface area contributed by atoms with Gasteiger partial charge in [-0.15, -0.1) is 0 Å². The van der Waals surface area contributed by atoms with Gasteiger partial charge in [0.1, 0.15) is 13.3 Å². The second-order valence-corrected chi connectivity index (χ2v) is 4.52. The maximum atomic E-state index is 5.30. The van der Waals surface area contributed by atoms with Crippen molar-refractivity contribution >= 4 is 10.9 Å². The molecular weight excluding hydrogens is 236 g/mol. The summed E-state index contributed by atoms with van der Waals surface area (Å²) in [6.07, 6.45) is 5.85. The van der Waals surface area contributed by atoms with Gasteiger partial charge < -0.3 is 4.84 Å². The highest BCUT2D eigenvalue weighted by Crippen LogP contribution is 2.25. The molecule has 0 N–H and O–H groups in total. The quantitative estimate of drug-likeness (QED) is 0.715. The van der Waals surface area contributed by atoms with Crippen molar-refractivity contribution in [1.82, 2.24) is 9.71 Å². The van der Waals surface area contributed by atoms with E-state index in [1.54, 1.807) is 11.8 Å². The third-order valence-corrected chi connectivity index (χ3v) is 3.27. The molecule has 1 radical (unpaired) electrons. The van der Waals surface area contributed by atoms with Crippen LogP contribution in [0.3, 0.4) is 0 Å². The number of pyridine rings is 1. The zero-order chi connectivity index (χ0) is 13.2. The van der Waals surface area contributed by atoms with Gasteiger partial charge in [0.2, 0.25) is 0 Å². The lowest BCUT2D eigenvalue weighted by Crippen LogP contribution is -2.03. The van der Waals surface area contributed by atoms with Gasteiger partial charge in [-0.05, 0) is 36.2 Å². The second kappa shape index (κ2) is 4.76. The zero-order valence-corrected chi connectivity index (χ0v) is 11.1. The number of hydrogen-bond donors (Lipinski definition) is 0. The topological polar surface area (TPSA) is 27.1 Å². The van der Waals surface area contributed by atoms with Crippen LogP contribution in [0.4, 0.5) is 0 Å². The van der Waals surface area contributed by atoms with Crippen LogP contribution in [0.2, 0.25) is 0 Å². The maximum Gasteiger partial charge on any atom is 0.111 e. The Bertz CT molecular complexity index is 701. The first-order chi connectivity index (χ1) is 9.29. The Hall–Kier alpha value is -2.29. The van der Waals surface area contributed by atoms with Gasteiger partial charge in [0.05, 0.1) is 5.52 Å². The molecule has 95 valence electrons. The van der Waals surface area contributed by atoms with Crippen molar-refractivity contribution in [2.75, 3.05) is 7.11 Å². The number of aromatic nitrogens is 2. The first-order valence-electron chi connectivity index (χ1n) is 6.26. The number of benzene rings is 1. The molecular formula is C16H15N2O. The Labute approximate surface area is 112 Å². The van der Waals surface area contributed by atoms with Crippen LogP contribution >= 0.6 is 0 Å². The summed E-state index contributed by atoms with van der Waals surface area (Å²) in [5.74, 6) is 0. The molecule has 1 aromatic carbocycles. The lowest BCUT2D eigenvalue weighted by Gasteiger charge is -2.05. The van der Waals surface area contributed by atoms with Crippen LogP contribution < -0.4 is 4.84 Å². The zero-order valence-electron chi connectivity index (χ0n) is 11.1. The average molecular weight is 251 g/mol. The van der Waals surface area contributed by atoms with Crippen molar-refractivity contribution in [3.63, 3.8) is 0 Å². The first-order valence-corrected chi connectivity index (χ1v) is 6.26. The van der Waals surface area contributed by atoms with E-state index in [1.807, 2.05) is 36.5 Å². The Morgan fingerprint density at radius 1 is 1.21 bits per heavy atom. The molecule has 0 amide bonds. The van der Waals surface area contributed by atoms with Crippen LogP contribution in [0, 0.1) is 13.1 Å². The summed E-state index contributed by atoms with van der Waals surface area (Å²) in [6.45, 7) is 2.06. The Morgan fingerprint density at radius 3 is 2.84 bits per heavy atom. The van der Waals surface area contributed by atoms with E-state index < -0.39 is 0 Å². The molecule has 0 saturated heterocycles. The number of rotatable bonds is 3. The average Bonchev–Trinajstić information content (AvgIpc) is 2.78. The lowest BCUT2D eigenvalue weighted by molar-refractivity contribution is 0.177. The molecule has 0 bridgehead atoms. The monoisotopic (exact) mass is 251 g/mol. The number of aryl methyl sites for hydroxylation is 1. The molecule has 3 heteroatoms. The van der Waals surface area contributed by atoms with Gasteiger partial charge in [0.25, 0.3) is 0 Å². The molecule has 0 fully saturated rings. The molecule has 2 heterocycles. The van der Waals surface area contributed by atoms with E-state index in [2.05, 4.69) is 24.2 Å². The van der Waals surface area contributed by atoms with Crippen LogP contribution in [-0.2, 0) is 6.42 Å². The molecule has 2 aromatic heterocycles. The summed E-state index contributed by atoms with van der Waals surface area (Å²) in [5.41, 5.74) is 4.47. The number of nitrogens with zero attached hydrogens (tertiary/aromatic N) is 2. The molecule has 3 aromatic rings. The molecule has 0 saturated carbocycles. The fraction of sp³-hybridized carbons (Fsp3) is 0.188. The maximum absolute atomic E-state index is 5.30. The SMILES string of the molecule is COn1[c]c(C)c2c(Cc3ccccn3)cccc21. The third kappa shape index (κ3) is 2.08. The largest absolute Gasteiger partial charge is 0.416 e. The minimum absolute atomic E-state index is 0.820. The minimum Gasteiger partial charge on any atom is -0.416 e. The predicted octanol–water partition coefficient (Wildman–Crippen LogP) is 2.79. The van der Waals surface area contributed by atoms with Crippen molar-refractivity contribution in [3.8, 4) is 0 Å². The van der Waals surface area contributed by atoms with Gasteiger partial charge in [-0.1, -0.05) is 18.2 Å². The van der Waals surface area contributed by atoms with Crippen molar-refractivity contribution in [2.24, 2.45) is 0 Å². The molecule has 0 spiro atoms. The Balaban J connectivity index is 2.11. The number of hydrogen-bond acceptors (Lipinski definition) is 2. The fourth-order valence-electron chi connectivity index (χ4n) is 2.45. The van der Waals surface area contributed by atoms with Gasteiger partial charge in [-0.2, -0.15) is 4.73 Å². The van der Waals surface area contributed by atoms with Crippen molar-refractivity contribution in [1.29, 1.82) is 0 Å². The van der Waals surface area contributed by atoms with Crippen molar-refractivity contribution in [3.05, 3.63) is 65.6 Å². The standard InChI is InChI=1S/C16H15N2O/c1-12-11-18(19-2)15-8-5-6-13(16(12)15)10-14-7-3-4-9-17-14/h3-9H,10H2,1-2H3. The summed E-state index contributed by atoms with van der Waals surface area (Å²) in [6, 6.07) is 12.2. The van der Waals surface area contributed by atoms with E-state index in [-0.39, 0.29) is 0 Å². The normalized spacial score (nSPS) is 10.8. The molecule has 19 heavy (non-hydrogen) atoms. The number of fused-ring (bicyclic) bond motifs is 1. The van der Waals surface area contributed by atoms with Gasteiger partial charge in [-0.25, -0.2) is 0 Å². The van der Waals surface area contributed by atoms with E-state index in [4.69, 9.17) is 4.84 Å². The van der Waals surface area contributed by atoms with Crippen LogP contribution in [0.5, 0.6) is 0 Å². The minimum atomic E-state index is 0.820. The Morgan fingerprint density at radius 2 is 2.11 bits per heavy atom. The van der Waals surface area contributed by atoms with E-state index in [9.17, 15) is 0 Å². The van der Waals surface area contributed by atoms with E-state index in [0.717, 1.165) is 23.2 Å². The molecule has 0 aliphatic rings. The highest BCUT2D eigenvalue weighted by Gasteiger charge is 2.11. The molecule has 0 unspecified atom stereocenters. The summed E-state index contributed by atoms with van der Waals surface area (Å²) >= 11 is 0. The van der Waals surface area contributed by atoms with E-state index in [0.29, 0.717) is 0 Å².